The van der Waals surface area contributed by atoms with Crippen LogP contribution in [0.4, 0.5) is 0 Å². The van der Waals surface area contributed by atoms with E-state index in [-0.39, 0.29) is 0 Å². The van der Waals surface area contributed by atoms with E-state index < -0.39 is 0 Å². The molecule has 0 radical (unpaired) electrons. The maximum Gasteiger partial charge on any atom is 0.161 e. The summed E-state index contributed by atoms with van der Waals surface area (Å²) in [7, 11) is 1.62. The fourth-order valence-electron chi connectivity index (χ4n) is 1.75. The van der Waals surface area contributed by atoms with Gasteiger partial charge >= 0.3 is 0 Å². The lowest BCUT2D eigenvalue weighted by Crippen LogP contribution is -2.17. The van der Waals surface area contributed by atoms with Crippen LogP contribution in [0.1, 0.15) is 18.4 Å². The summed E-state index contributed by atoms with van der Waals surface area (Å²) >= 11 is 0. The Morgan fingerprint density at radius 3 is 3.06 bits per heavy atom. The molecule has 2 aromatic rings. The topological polar surface area (TPSA) is 64.9 Å². The molecule has 0 atom stereocenters. The zero-order valence-corrected chi connectivity index (χ0v) is 10.2. The molecule has 2 heterocycles. The number of ether oxygens (including phenoxy) is 1. The highest BCUT2D eigenvalue weighted by molar-refractivity contribution is 5.32. The van der Waals surface area contributed by atoms with E-state index >= 15 is 0 Å². The molecule has 18 heavy (non-hydrogen) atoms. The number of methoxy groups -OCH3 is 1. The average molecular weight is 245 g/mol. The highest BCUT2D eigenvalue weighted by Crippen LogP contribution is 2.20. The minimum absolute atomic E-state index is 0.658. The first-order valence-corrected chi connectivity index (χ1v) is 5.98. The smallest absolute Gasteiger partial charge is 0.161 e. The first kappa shape index (κ1) is 11.2. The molecule has 1 fully saturated rings. The number of rotatable bonds is 5. The van der Waals surface area contributed by atoms with Gasteiger partial charge < -0.3 is 10.1 Å². The van der Waals surface area contributed by atoms with Crippen molar-refractivity contribution in [3.63, 3.8) is 0 Å². The molecule has 1 aliphatic carbocycles. The number of nitrogens with one attached hydrogen (secondary N) is 1. The molecule has 0 bridgehead atoms. The number of nitrogens with zero attached hydrogens (tertiary/aromatic N) is 4. The van der Waals surface area contributed by atoms with Crippen molar-refractivity contribution in [1.82, 2.24) is 25.1 Å². The van der Waals surface area contributed by atoms with Crippen molar-refractivity contribution in [2.45, 2.75) is 25.4 Å². The molecule has 1 aliphatic rings. The first-order chi connectivity index (χ1) is 8.86. The predicted molar refractivity (Wildman–Crippen MR) is 65.6 cm³/mol. The maximum absolute atomic E-state index is 5.12. The third-order valence-corrected chi connectivity index (χ3v) is 2.93. The van der Waals surface area contributed by atoms with Crippen molar-refractivity contribution >= 4 is 0 Å². The predicted octanol–water partition coefficient (Wildman–Crippen LogP) is 0.923. The lowest BCUT2D eigenvalue weighted by Gasteiger charge is -2.08. The lowest BCUT2D eigenvalue weighted by atomic mass is 10.3. The highest BCUT2D eigenvalue weighted by atomic mass is 16.5. The largest absolute Gasteiger partial charge is 0.493 e. The summed E-state index contributed by atoms with van der Waals surface area (Å²) in [6, 6.07) is 0.658. The molecule has 6 nitrogen and oxygen atoms in total. The van der Waals surface area contributed by atoms with Crippen LogP contribution in [0.3, 0.4) is 0 Å². The van der Waals surface area contributed by atoms with E-state index in [1.807, 2.05) is 12.4 Å². The summed E-state index contributed by atoms with van der Waals surface area (Å²) in [5.41, 5.74) is 1.04. The molecule has 0 spiro atoms. The molecule has 0 amide bonds. The molecule has 0 aliphatic heterocycles. The van der Waals surface area contributed by atoms with Crippen molar-refractivity contribution < 1.29 is 4.74 Å². The minimum atomic E-state index is 0.658. The third kappa shape index (κ3) is 2.33. The Morgan fingerprint density at radius 1 is 1.44 bits per heavy atom. The Kier molecular flexibility index (Phi) is 2.93. The SMILES string of the molecule is COc1cnn(-c2ncncc2CNC2CC2)c1. The lowest BCUT2D eigenvalue weighted by molar-refractivity contribution is 0.414. The summed E-state index contributed by atoms with van der Waals surface area (Å²) in [5, 5.41) is 7.69. The first-order valence-electron chi connectivity index (χ1n) is 5.98. The maximum atomic E-state index is 5.12. The van der Waals surface area contributed by atoms with Crippen LogP contribution >= 0.6 is 0 Å². The minimum Gasteiger partial charge on any atom is -0.493 e. The Balaban J connectivity index is 1.84. The van der Waals surface area contributed by atoms with E-state index in [9.17, 15) is 0 Å². The van der Waals surface area contributed by atoms with Crippen molar-refractivity contribution in [2.24, 2.45) is 0 Å². The molecular formula is C12H15N5O. The standard InChI is InChI=1S/C12H15N5O/c1-18-11-6-16-17(7-11)12-9(4-13-8-15-12)5-14-10-2-3-10/h4,6-8,10,14H,2-3,5H2,1H3. The second kappa shape index (κ2) is 4.73. The molecule has 1 saturated carbocycles. The monoisotopic (exact) mass is 245 g/mol. The molecule has 0 aromatic carbocycles. The highest BCUT2D eigenvalue weighted by Gasteiger charge is 2.21. The number of hydrogen-bond acceptors (Lipinski definition) is 5. The molecule has 3 rings (SSSR count). The molecule has 2 aromatic heterocycles. The van der Waals surface area contributed by atoms with Gasteiger partial charge in [-0.05, 0) is 12.8 Å². The van der Waals surface area contributed by atoms with Crippen LogP contribution in [-0.2, 0) is 6.54 Å². The molecule has 0 unspecified atom stereocenters. The van der Waals surface area contributed by atoms with Crippen LogP contribution in [0.15, 0.2) is 24.9 Å². The van der Waals surface area contributed by atoms with Gasteiger partial charge in [-0.1, -0.05) is 0 Å². The average Bonchev–Trinajstić information content (AvgIpc) is 3.12. The summed E-state index contributed by atoms with van der Waals surface area (Å²) < 4.78 is 6.83. The Hall–Kier alpha value is -1.95. The fourth-order valence-corrected chi connectivity index (χ4v) is 1.75. The van der Waals surface area contributed by atoms with Gasteiger partial charge in [-0.15, -0.1) is 0 Å². The van der Waals surface area contributed by atoms with Crippen LogP contribution in [0, 0.1) is 0 Å². The molecular weight excluding hydrogens is 230 g/mol. The van der Waals surface area contributed by atoms with Crippen molar-refractivity contribution in [2.75, 3.05) is 7.11 Å². The van der Waals surface area contributed by atoms with Gasteiger partial charge in [0, 0.05) is 24.3 Å². The van der Waals surface area contributed by atoms with Gasteiger partial charge in [-0.25, -0.2) is 14.6 Å². The van der Waals surface area contributed by atoms with Gasteiger partial charge in [-0.2, -0.15) is 5.10 Å². The fraction of sp³-hybridized carbons (Fsp3) is 0.417. The van der Waals surface area contributed by atoms with Gasteiger partial charge in [0.15, 0.2) is 11.6 Å². The van der Waals surface area contributed by atoms with Crippen LogP contribution in [-0.4, -0.2) is 32.9 Å². The van der Waals surface area contributed by atoms with Gasteiger partial charge in [-0.3, -0.25) is 0 Å². The molecule has 94 valence electrons. The van der Waals surface area contributed by atoms with Gasteiger partial charge in [0.1, 0.15) is 6.33 Å². The van der Waals surface area contributed by atoms with E-state index in [1.54, 1.807) is 18.0 Å². The van der Waals surface area contributed by atoms with Gasteiger partial charge in [0.2, 0.25) is 0 Å². The quantitative estimate of drug-likeness (QED) is 0.848. The van der Waals surface area contributed by atoms with Crippen LogP contribution < -0.4 is 10.1 Å². The zero-order valence-electron chi connectivity index (χ0n) is 10.2. The van der Waals surface area contributed by atoms with Gasteiger partial charge in [0.05, 0.1) is 19.5 Å². The van der Waals surface area contributed by atoms with Gasteiger partial charge in [0.25, 0.3) is 0 Å². The van der Waals surface area contributed by atoms with E-state index in [1.165, 1.54) is 19.2 Å². The van der Waals surface area contributed by atoms with E-state index in [2.05, 4.69) is 20.4 Å². The number of aromatic nitrogens is 4. The van der Waals surface area contributed by atoms with Crippen LogP contribution in [0.5, 0.6) is 5.75 Å². The van der Waals surface area contributed by atoms with Crippen molar-refractivity contribution in [3.8, 4) is 11.6 Å². The van der Waals surface area contributed by atoms with Crippen molar-refractivity contribution in [1.29, 1.82) is 0 Å². The van der Waals surface area contributed by atoms with E-state index in [0.717, 1.165) is 23.7 Å². The summed E-state index contributed by atoms with van der Waals surface area (Å²) in [6.45, 7) is 0.767. The van der Waals surface area contributed by atoms with Crippen LogP contribution in [0.2, 0.25) is 0 Å². The van der Waals surface area contributed by atoms with Crippen molar-refractivity contribution in [3.05, 3.63) is 30.5 Å². The summed E-state index contributed by atoms with van der Waals surface area (Å²) in [6.07, 6.45) is 9.36. The summed E-state index contributed by atoms with van der Waals surface area (Å²) in [5.74, 6) is 1.51. The van der Waals surface area contributed by atoms with E-state index in [4.69, 9.17) is 4.74 Å². The second-order valence-electron chi connectivity index (χ2n) is 4.35. The Morgan fingerprint density at radius 2 is 2.33 bits per heavy atom. The Labute approximate surface area is 105 Å². The van der Waals surface area contributed by atoms with E-state index in [0.29, 0.717) is 6.04 Å². The summed E-state index contributed by atoms with van der Waals surface area (Å²) in [4.78, 5) is 8.36. The molecule has 0 saturated heterocycles. The number of hydrogen-bond donors (Lipinski definition) is 1. The second-order valence-corrected chi connectivity index (χ2v) is 4.35. The molecule has 6 heteroatoms. The normalized spacial score (nSPS) is 14.7. The molecule has 1 N–H and O–H groups in total. The third-order valence-electron chi connectivity index (χ3n) is 2.93. The zero-order chi connectivity index (χ0) is 12.4. The Bertz CT molecular complexity index is 535. The van der Waals surface area contributed by atoms with Crippen LogP contribution in [0.25, 0.3) is 5.82 Å².